The van der Waals surface area contributed by atoms with Gasteiger partial charge in [0.2, 0.25) is 0 Å². The molecule has 31 heavy (non-hydrogen) atoms. The molecule has 0 aromatic carbocycles. The van der Waals surface area contributed by atoms with Gasteiger partial charge in [0.25, 0.3) is 5.56 Å². The van der Waals surface area contributed by atoms with Crippen molar-refractivity contribution in [3.05, 3.63) is 63.9 Å². The predicted molar refractivity (Wildman–Crippen MR) is 117 cm³/mol. The first-order valence-electron chi connectivity index (χ1n) is 10.8. The van der Waals surface area contributed by atoms with Gasteiger partial charge in [-0.05, 0) is 37.6 Å². The van der Waals surface area contributed by atoms with Crippen LogP contribution < -0.4 is 10.5 Å². The van der Waals surface area contributed by atoms with E-state index in [2.05, 4.69) is 45.7 Å². The fourth-order valence-corrected chi connectivity index (χ4v) is 4.47. The van der Waals surface area contributed by atoms with Crippen molar-refractivity contribution in [2.24, 2.45) is 0 Å². The van der Waals surface area contributed by atoms with Gasteiger partial charge >= 0.3 is 0 Å². The number of rotatable bonds is 4. The Balaban J connectivity index is 1.27. The van der Waals surface area contributed by atoms with Crippen molar-refractivity contribution in [3.63, 3.8) is 0 Å². The summed E-state index contributed by atoms with van der Waals surface area (Å²) < 4.78 is 11.2. The summed E-state index contributed by atoms with van der Waals surface area (Å²) in [6.07, 6.45) is 4.67. The molecule has 1 N–H and O–H groups in total. The molecule has 0 amide bonds. The summed E-state index contributed by atoms with van der Waals surface area (Å²) in [7, 11) is 0. The quantitative estimate of drug-likeness (QED) is 0.693. The van der Waals surface area contributed by atoms with Crippen molar-refractivity contribution in [3.8, 4) is 11.6 Å². The van der Waals surface area contributed by atoms with E-state index in [0.29, 0.717) is 18.1 Å². The summed E-state index contributed by atoms with van der Waals surface area (Å²) in [5, 5.41) is 0. The van der Waals surface area contributed by atoms with Crippen LogP contribution in [0.4, 0.5) is 5.82 Å². The molecule has 2 aliphatic heterocycles. The third-order valence-corrected chi connectivity index (χ3v) is 5.86. The number of pyridine rings is 1. The third-order valence-electron chi connectivity index (χ3n) is 5.86. The monoisotopic (exact) mass is 421 g/mol. The van der Waals surface area contributed by atoms with Crippen LogP contribution >= 0.6 is 0 Å². The summed E-state index contributed by atoms with van der Waals surface area (Å²) in [4.78, 5) is 29.4. The Labute approximate surface area is 180 Å². The second kappa shape index (κ2) is 8.28. The molecule has 0 radical (unpaired) electrons. The van der Waals surface area contributed by atoms with Gasteiger partial charge in [-0.25, -0.2) is 9.97 Å². The van der Waals surface area contributed by atoms with E-state index in [1.165, 1.54) is 0 Å². The molecule has 0 spiro atoms. The van der Waals surface area contributed by atoms with Gasteiger partial charge in [0.15, 0.2) is 11.6 Å². The molecule has 8 heteroatoms. The van der Waals surface area contributed by atoms with E-state index in [1.807, 2.05) is 6.20 Å². The van der Waals surface area contributed by atoms with Gasteiger partial charge in [0.05, 0.1) is 29.7 Å². The molecule has 3 aromatic rings. The van der Waals surface area contributed by atoms with Gasteiger partial charge < -0.3 is 19.0 Å². The smallest absolute Gasteiger partial charge is 0.256 e. The zero-order valence-electron chi connectivity index (χ0n) is 17.9. The lowest BCUT2D eigenvalue weighted by atomic mass is 10.1. The van der Waals surface area contributed by atoms with Gasteiger partial charge in [-0.1, -0.05) is 6.07 Å². The van der Waals surface area contributed by atoms with Gasteiger partial charge in [0.1, 0.15) is 5.82 Å². The number of hydrogen-bond acceptors (Lipinski definition) is 7. The van der Waals surface area contributed by atoms with Crippen LogP contribution in [0.2, 0.25) is 0 Å². The van der Waals surface area contributed by atoms with Crippen molar-refractivity contribution < 1.29 is 9.15 Å². The number of anilines is 1. The standard InChI is InChI=1S/C23H27N5O3/c1-15-11-28(12-16(2)31-15)21-6-5-17(10-24-21)13-27-8-7-19-18(14-27)23(29)26-22(25-19)20-4-3-9-30-20/h3-6,9-10,15-16H,7-8,11-14H2,1-2H3,(H,25,26,29). The fourth-order valence-electron chi connectivity index (χ4n) is 4.47. The lowest BCUT2D eigenvalue weighted by Gasteiger charge is -2.36. The van der Waals surface area contributed by atoms with Crippen LogP contribution in [-0.4, -0.2) is 51.7 Å². The Bertz CT molecular complexity index is 1080. The van der Waals surface area contributed by atoms with Crippen LogP contribution in [0, 0.1) is 0 Å². The number of H-pyrrole nitrogens is 1. The molecule has 0 saturated carbocycles. The van der Waals surface area contributed by atoms with E-state index < -0.39 is 0 Å². The maximum Gasteiger partial charge on any atom is 0.256 e. The summed E-state index contributed by atoms with van der Waals surface area (Å²) in [6.45, 7) is 8.09. The van der Waals surface area contributed by atoms with E-state index >= 15 is 0 Å². The molecule has 2 unspecified atom stereocenters. The molecular formula is C23H27N5O3. The lowest BCUT2D eigenvalue weighted by molar-refractivity contribution is -0.00546. The SMILES string of the molecule is CC1CN(c2ccc(CN3CCc4nc(-c5ccco5)[nH]c(=O)c4C3)cn2)CC(C)O1. The van der Waals surface area contributed by atoms with Crippen LogP contribution in [0.3, 0.4) is 0 Å². The molecule has 3 aromatic heterocycles. The molecule has 1 fully saturated rings. The Morgan fingerprint density at radius 2 is 2.03 bits per heavy atom. The molecule has 2 aliphatic rings. The zero-order valence-corrected chi connectivity index (χ0v) is 17.9. The number of morpholine rings is 1. The number of ether oxygens (including phenoxy) is 1. The van der Waals surface area contributed by atoms with E-state index in [4.69, 9.17) is 14.1 Å². The van der Waals surface area contributed by atoms with Crippen molar-refractivity contribution in [2.45, 2.75) is 45.6 Å². The molecule has 1 saturated heterocycles. The maximum absolute atomic E-state index is 12.7. The zero-order chi connectivity index (χ0) is 21.4. The summed E-state index contributed by atoms with van der Waals surface area (Å²) >= 11 is 0. The topological polar surface area (TPSA) is 87.5 Å². The highest BCUT2D eigenvalue weighted by atomic mass is 16.5. The molecule has 0 aliphatic carbocycles. The Morgan fingerprint density at radius 1 is 1.19 bits per heavy atom. The largest absolute Gasteiger partial charge is 0.461 e. The molecule has 0 bridgehead atoms. The second-order valence-electron chi connectivity index (χ2n) is 8.46. The van der Waals surface area contributed by atoms with Crippen LogP contribution in [-0.2, 0) is 24.2 Å². The molecule has 8 nitrogen and oxygen atoms in total. The first-order chi connectivity index (χ1) is 15.0. The average Bonchev–Trinajstić information content (AvgIpc) is 3.29. The van der Waals surface area contributed by atoms with E-state index in [9.17, 15) is 4.79 Å². The van der Waals surface area contributed by atoms with Crippen LogP contribution in [0.5, 0.6) is 0 Å². The van der Waals surface area contributed by atoms with Gasteiger partial charge in [-0.2, -0.15) is 0 Å². The first-order valence-corrected chi connectivity index (χ1v) is 10.8. The fraction of sp³-hybridized carbons (Fsp3) is 0.435. The minimum absolute atomic E-state index is 0.0925. The highest BCUT2D eigenvalue weighted by molar-refractivity contribution is 5.47. The second-order valence-corrected chi connectivity index (χ2v) is 8.46. The van der Waals surface area contributed by atoms with Gasteiger partial charge in [-0.15, -0.1) is 0 Å². The predicted octanol–water partition coefficient (Wildman–Crippen LogP) is 2.60. The normalized spacial score (nSPS) is 21.8. The van der Waals surface area contributed by atoms with Crippen LogP contribution in [0.25, 0.3) is 11.6 Å². The number of aromatic nitrogens is 3. The minimum Gasteiger partial charge on any atom is -0.461 e. The number of hydrogen-bond donors (Lipinski definition) is 1. The molecule has 5 heterocycles. The molecule has 2 atom stereocenters. The van der Waals surface area contributed by atoms with E-state index in [1.54, 1.807) is 18.4 Å². The maximum atomic E-state index is 12.7. The van der Waals surface area contributed by atoms with Gasteiger partial charge in [0, 0.05) is 45.3 Å². The number of nitrogens with zero attached hydrogens (tertiary/aromatic N) is 4. The Morgan fingerprint density at radius 3 is 2.74 bits per heavy atom. The minimum atomic E-state index is -0.0925. The Hall–Kier alpha value is -2.97. The van der Waals surface area contributed by atoms with Crippen molar-refractivity contribution in [2.75, 3.05) is 24.5 Å². The van der Waals surface area contributed by atoms with Crippen molar-refractivity contribution >= 4 is 5.82 Å². The van der Waals surface area contributed by atoms with E-state index in [0.717, 1.165) is 55.2 Å². The molecule has 162 valence electrons. The molecule has 5 rings (SSSR count). The third kappa shape index (κ3) is 4.26. The highest BCUT2D eigenvalue weighted by Gasteiger charge is 2.24. The summed E-state index contributed by atoms with van der Waals surface area (Å²) in [5.41, 5.74) is 2.64. The Kier molecular flexibility index (Phi) is 5.33. The lowest BCUT2D eigenvalue weighted by Crippen LogP contribution is -2.45. The number of fused-ring (bicyclic) bond motifs is 1. The summed E-state index contributed by atoms with van der Waals surface area (Å²) in [5.74, 6) is 2.06. The number of furan rings is 1. The number of nitrogens with one attached hydrogen (secondary N) is 1. The van der Waals surface area contributed by atoms with Gasteiger partial charge in [-0.3, -0.25) is 9.69 Å². The van der Waals surface area contributed by atoms with Crippen LogP contribution in [0.1, 0.15) is 30.7 Å². The van der Waals surface area contributed by atoms with Crippen molar-refractivity contribution in [1.29, 1.82) is 0 Å². The average molecular weight is 422 g/mol. The summed E-state index contributed by atoms with van der Waals surface area (Å²) in [6, 6.07) is 7.80. The van der Waals surface area contributed by atoms with Crippen LogP contribution in [0.15, 0.2) is 45.9 Å². The first kappa shape index (κ1) is 20.0. The molecular weight excluding hydrogens is 394 g/mol. The van der Waals surface area contributed by atoms with E-state index in [-0.39, 0.29) is 17.8 Å². The highest BCUT2D eigenvalue weighted by Crippen LogP contribution is 2.22. The van der Waals surface area contributed by atoms with Crippen molar-refractivity contribution in [1.82, 2.24) is 19.9 Å². The number of aromatic amines is 1.